The van der Waals surface area contributed by atoms with Crippen LogP contribution >= 0.6 is 0 Å². The molecular formula is C15H30N2O. The molecule has 1 unspecified atom stereocenters. The fourth-order valence-corrected chi connectivity index (χ4v) is 3.39. The molecule has 2 aliphatic heterocycles. The maximum atomic E-state index is 6.27. The van der Waals surface area contributed by atoms with Crippen molar-refractivity contribution in [3.05, 3.63) is 0 Å². The fraction of sp³-hybridized carbons (Fsp3) is 1.00. The van der Waals surface area contributed by atoms with Gasteiger partial charge in [0.1, 0.15) is 0 Å². The Hall–Kier alpha value is -0.120. The molecule has 18 heavy (non-hydrogen) atoms. The number of piperidine rings is 1. The van der Waals surface area contributed by atoms with Crippen LogP contribution in [-0.2, 0) is 4.74 Å². The van der Waals surface area contributed by atoms with Gasteiger partial charge in [-0.3, -0.25) is 0 Å². The molecule has 0 saturated carbocycles. The van der Waals surface area contributed by atoms with Crippen LogP contribution in [0.1, 0.15) is 47.0 Å². The van der Waals surface area contributed by atoms with Crippen molar-refractivity contribution in [1.29, 1.82) is 0 Å². The predicted molar refractivity (Wildman–Crippen MR) is 75.9 cm³/mol. The van der Waals surface area contributed by atoms with Crippen LogP contribution in [0.4, 0.5) is 0 Å². The molecule has 2 rings (SSSR count). The second kappa shape index (κ2) is 5.48. The molecule has 2 aliphatic rings. The summed E-state index contributed by atoms with van der Waals surface area (Å²) in [5.41, 5.74) is 0.477. The lowest BCUT2D eigenvalue weighted by atomic mass is 9.75. The summed E-state index contributed by atoms with van der Waals surface area (Å²) in [6.45, 7) is 14.7. The molecule has 0 aromatic rings. The second-order valence-electron chi connectivity index (χ2n) is 7.12. The van der Waals surface area contributed by atoms with Crippen LogP contribution < -0.4 is 5.32 Å². The van der Waals surface area contributed by atoms with Gasteiger partial charge in [-0.15, -0.1) is 0 Å². The molecule has 0 aromatic carbocycles. The van der Waals surface area contributed by atoms with Crippen LogP contribution in [0.2, 0.25) is 0 Å². The summed E-state index contributed by atoms with van der Waals surface area (Å²) >= 11 is 0. The summed E-state index contributed by atoms with van der Waals surface area (Å²) in [6.07, 6.45) is 3.59. The fourth-order valence-electron chi connectivity index (χ4n) is 3.39. The van der Waals surface area contributed by atoms with E-state index < -0.39 is 0 Å². The van der Waals surface area contributed by atoms with Gasteiger partial charge in [-0.25, -0.2) is 0 Å². The monoisotopic (exact) mass is 254 g/mol. The lowest BCUT2D eigenvalue weighted by Crippen LogP contribution is -2.62. The highest BCUT2D eigenvalue weighted by atomic mass is 16.5. The minimum Gasteiger partial charge on any atom is -0.372 e. The highest BCUT2D eigenvalue weighted by Gasteiger charge is 2.45. The van der Waals surface area contributed by atoms with Gasteiger partial charge in [-0.05, 0) is 31.2 Å². The first kappa shape index (κ1) is 14.3. The quantitative estimate of drug-likeness (QED) is 0.818. The minimum absolute atomic E-state index is 0.108. The SMILES string of the molecule is CCN1CCC2(CC1)OCCNC2CC(C)(C)C. The Balaban J connectivity index is 2.03. The zero-order valence-corrected chi connectivity index (χ0v) is 12.6. The van der Waals surface area contributed by atoms with E-state index in [1.807, 2.05) is 0 Å². The van der Waals surface area contributed by atoms with Crippen molar-refractivity contribution in [2.45, 2.75) is 58.6 Å². The van der Waals surface area contributed by atoms with Gasteiger partial charge in [0.15, 0.2) is 0 Å². The highest BCUT2D eigenvalue weighted by Crippen LogP contribution is 2.36. The van der Waals surface area contributed by atoms with E-state index in [9.17, 15) is 0 Å². The van der Waals surface area contributed by atoms with Crippen molar-refractivity contribution < 1.29 is 4.74 Å². The maximum Gasteiger partial charge on any atom is 0.0859 e. The van der Waals surface area contributed by atoms with E-state index in [1.165, 1.54) is 38.9 Å². The Morgan fingerprint density at radius 1 is 1.28 bits per heavy atom. The highest BCUT2D eigenvalue weighted by molar-refractivity contribution is 5.00. The first-order valence-electron chi connectivity index (χ1n) is 7.55. The van der Waals surface area contributed by atoms with Crippen molar-refractivity contribution in [2.24, 2.45) is 5.41 Å². The van der Waals surface area contributed by atoms with Crippen LogP contribution in [0.15, 0.2) is 0 Å². The molecular weight excluding hydrogens is 224 g/mol. The zero-order chi connectivity index (χ0) is 13.2. The van der Waals surface area contributed by atoms with E-state index in [0.29, 0.717) is 11.5 Å². The molecule has 3 heteroatoms. The molecule has 2 heterocycles. The molecule has 2 saturated heterocycles. The van der Waals surface area contributed by atoms with Crippen LogP contribution in [-0.4, -0.2) is 49.3 Å². The number of nitrogens with zero attached hydrogens (tertiary/aromatic N) is 1. The third-order valence-electron chi connectivity index (χ3n) is 4.48. The molecule has 0 radical (unpaired) electrons. The van der Waals surface area contributed by atoms with E-state index in [4.69, 9.17) is 4.74 Å². The predicted octanol–water partition coefficient (Wildman–Crippen LogP) is 2.27. The normalized spacial score (nSPS) is 29.7. The molecule has 0 bridgehead atoms. The number of ether oxygens (including phenoxy) is 1. The number of nitrogens with one attached hydrogen (secondary N) is 1. The molecule has 3 nitrogen and oxygen atoms in total. The summed E-state index contributed by atoms with van der Waals surface area (Å²) in [4.78, 5) is 2.54. The molecule has 0 amide bonds. The average Bonchev–Trinajstić information content (AvgIpc) is 2.32. The number of hydrogen-bond acceptors (Lipinski definition) is 3. The molecule has 106 valence electrons. The van der Waals surface area contributed by atoms with E-state index in [0.717, 1.165) is 13.2 Å². The molecule has 1 spiro atoms. The van der Waals surface area contributed by atoms with Crippen LogP contribution in [0, 0.1) is 5.41 Å². The number of rotatable bonds is 2. The number of likely N-dealkylation sites (tertiary alicyclic amines) is 1. The van der Waals surface area contributed by atoms with Crippen molar-refractivity contribution in [1.82, 2.24) is 10.2 Å². The van der Waals surface area contributed by atoms with Crippen LogP contribution in [0.3, 0.4) is 0 Å². The standard InChI is InChI=1S/C15H30N2O/c1-5-17-9-6-15(7-10-17)13(12-14(2,3)4)16-8-11-18-15/h13,16H,5-12H2,1-4H3. The molecule has 0 aromatic heterocycles. The topological polar surface area (TPSA) is 24.5 Å². The van der Waals surface area contributed by atoms with Gasteiger partial charge >= 0.3 is 0 Å². The Morgan fingerprint density at radius 2 is 1.94 bits per heavy atom. The van der Waals surface area contributed by atoms with Gasteiger partial charge in [0, 0.05) is 25.7 Å². The Kier molecular flexibility index (Phi) is 4.35. The molecule has 1 atom stereocenters. The third-order valence-corrected chi connectivity index (χ3v) is 4.48. The Labute approximate surface area is 112 Å². The average molecular weight is 254 g/mol. The third kappa shape index (κ3) is 3.25. The zero-order valence-electron chi connectivity index (χ0n) is 12.6. The summed E-state index contributed by atoms with van der Waals surface area (Å²) in [7, 11) is 0. The number of hydrogen-bond donors (Lipinski definition) is 1. The van der Waals surface area contributed by atoms with Gasteiger partial charge in [-0.2, -0.15) is 0 Å². The van der Waals surface area contributed by atoms with E-state index in [-0.39, 0.29) is 5.60 Å². The molecule has 2 fully saturated rings. The second-order valence-corrected chi connectivity index (χ2v) is 7.12. The van der Waals surface area contributed by atoms with Gasteiger partial charge in [0.2, 0.25) is 0 Å². The van der Waals surface area contributed by atoms with E-state index >= 15 is 0 Å². The van der Waals surface area contributed by atoms with Gasteiger partial charge in [0.05, 0.1) is 12.2 Å². The summed E-state index contributed by atoms with van der Waals surface area (Å²) in [5.74, 6) is 0. The van der Waals surface area contributed by atoms with Crippen molar-refractivity contribution in [2.75, 3.05) is 32.8 Å². The van der Waals surface area contributed by atoms with Gasteiger partial charge in [0.25, 0.3) is 0 Å². The Bertz CT molecular complexity index is 264. The smallest absolute Gasteiger partial charge is 0.0859 e. The van der Waals surface area contributed by atoms with E-state index in [2.05, 4.69) is 37.9 Å². The van der Waals surface area contributed by atoms with Crippen LogP contribution in [0.25, 0.3) is 0 Å². The number of morpholine rings is 1. The lowest BCUT2D eigenvalue weighted by Gasteiger charge is -2.50. The van der Waals surface area contributed by atoms with Crippen molar-refractivity contribution in [3.8, 4) is 0 Å². The summed E-state index contributed by atoms with van der Waals surface area (Å²) < 4.78 is 6.27. The largest absolute Gasteiger partial charge is 0.372 e. The molecule has 1 N–H and O–H groups in total. The van der Waals surface area contributed by atoms with Crippen molar-refractivity contribution >= 4 is 0 Å². The summed E-state index contributed by atoms with van der Waals surface area (Å²) in [6, 6.07) is 0.533. The van der Waals surface area contributed by atoms with E-state index in [1.54, 1.807) is 0 Å². The molecule has 0 aliphatic carbocycles. The summed E-state index contributed by atoms with van der Waals surface area (Å²) in [5, 5.41) is 3.73. The minimum atomic E-state index is 0.108. The maximum absolute atomic E-state index is 6.27. The lowest BCUT2D eigenvalue weighted by molar-refractivity contribution is -0.133. The first-order chi connectivity index (χ1) is 8.45. The van der Waals surface area contributed by atoms with Crippen molar-refractivity contribution in [3.63, 3.8) is 0 Å². The van der Waals surface area contributed by atoms with Gasteiger partial charge in [-0.1, -0.05) is 27.7 Å². The Morgan fingerprint density at radius 3 is 2.50 bits per heavy atom. The van der Waals surface area contributed by atoms with Crippen LogP contribution in [0.5, 0.6) is 0 Å². The first-order valence-corrected chi connectivity index (χ1v) is 7.55. The van der Waals surface area contributed by atoms with Gasteiger partial charge < -0.3 is 15.0 Å².